The van der Waals surface area contributed by atoms with Crippen LogP contribution in [0.1, 0.15) is 43.0 Å². The molecule has 0 radical (unpaired) electrons. The Balaban J connectivity index is 2.62. The molecule has 1 aromatic carbocycles. The van der Waals surface area contributed by atoms with E-state index in [-0.39, 0.29) is 16.1 Å². The smallest absolute Gasteiger partial charge is 0.284 e. The first-order valence-electron chi connectivity index (χ1n) is 6.29. The van der Waals surface area contributed by atoms with Gasteiger partial charge < -0.3 is 5.32 Å². The lowest BCUT2D eigenvalue weighted by Crippen LogP contribution is -2.24. The summed E-state index contributed by atoms with van der Waals surface area (Å²) in [7, 11) is 0. The number of nitrogens with one attached hydrogen (secondary N) is 1. The zero-order valence-electron chi connectivity index (χ0n) is 10.8. The quantitative estimate of drug-likeness (QED) is 0.471. The fraction of sp³-hybridized carbons (Fsp3) is 0.462. The van der Waals surface area contributed by atoms with Crippen LogP contribution in [-0.2, 0) is 0 Å². The Kier molecular flexibility index (Phi) is 6.49. The lowest BCUT2D eigenvalue weighted by molar-refractivity contribution is -0.385. The summed E-state index contributed by atoms with van der Waals surface area (Å²) >= 11 is 3.11. The number of nitrogens with zero attached hydrogens (tertiary/aromatic N) is 1. The summed E-state index contributed by atoms with van der Waals surface area (Å²) in [6, 6.07) is 4.44. The van der Waals surface area contributed by atoms with Crippen LogP contribution in [0.15, 0.2) is 22.7 Å². The van der Waals surface area contributed by atoms with Gasteiger partial charge in [0, 0.05) is 12.6 Å². The highest BCUT2D eigenvalue weighted by atomic mass is 79.9. The summed E-state index contributed by atoms with van der Waals surface area (Å²) in [6.07, 6.45) is 4.29. The van der Waals surface area contributed by atoms with E-state index in [0.717, 1.165) is 25.7 Å². The maximum Gasteiger partial charge on any atom is 0.284 e. The molecule has 0 heterocycles. The van der Waals surface area contributed by atoms with Crippen LogP contribution in [0, 0.1) is 10.1 Å². The summed E-state index contributed by atoms with van der Waals surface area (Å²) in [6.45, 7) is 2.72. The normalized spacial score (nSPS) is 10.2. The predicted molar refractivity (Wildman–Crippen MR) is 77.3 cm³/mol. The average Bonchev–Trinajstić information content (AvgIpc) is 2.38. The third kappa shape index (κ3) is 4.63. The molecule has 5 nitrogen and oxygen atoms in total. The average molecular weight is 329 g/mol. The van der Waals surface area contributed by atoms with Crippen molar-refractivity contribution in [1.82, 2.24) is 5.32 Å². The predicted octanol–water partition coefficient (Wildman–Crippen LogP) is 3.67. The maximum atomic E-state index is 11.9. The molecule has 19 heavy (non-hydrogen) atoms. The third-order valence-corrected chi connectivity index (χ3v) is 3.57. The van der Waals surface area contributed by atoms with Crippen molar-refractivity contribution >= 4 is 27.5 Å². The van der Waals surface area contributed by atoms with Crippen LogP contribution in [0.25, 0.3) is 0 Å². The Hall–Kier alpha value is -1.43. The molecule has 1 rings (SSSR count). The van der Waals surface area contributed by atoms with E-state index in [2.05, 4.69) is 28.2 Å². The highest BCUT2D eigenvalue weighted by molar-refractivity contribution is 9.10. The number of hydrogen-bond acceptors (Lipinski definition) is 3. The number of halogens is 1. The number of nitro groups is 1. The van der Waals surface area contributed by atoms with Gasteiger partial charge in [0.05, 0.1) is 10.5 Å². The lowest BCUT2D eigenvalue weighted by Gasteiger charge is -2.06. The van der Waals surface area contributed by atoms with Gasteiger partial charge in [0.1, 0.15) is 4.47 Å². The van der Waals surface area contributed by atoms with Crippen molar-refractivity contribution in [2.75, 3.05) is 6.54 Å². The molecule has 6 heteroatoms. The van der Waals surface area contributed by atoms with E-state index in [1.54, 1.807) is 6.07 Å². The molecule has 104 valence electrons. The molecule has 0 fully saturated rings. The molecule has 0 aliphatic carbocycles. The van der Waals surface area contributed by atoms with Crippen LogP contribution >= 0.6 is 15.9 Å². The molecular formula is C13H17BrN2O3. The molecule has 1 aromatic rings. The number of amides is 1. The Bertz CT molecular complexity index is 463. The first kappa shape index (κ1) is 15.6. The minimum absolute atomic E-state index is 0.0985. The summed E-state index contributed by atoms with van der Waals surface area (Å²) < 4.78 is 0.228. The van der Waals surface area contributed by atoms with Gasteiger partial charge in [-0.2, -0.15) is 0 Å². The summed E-state index contributed by atoms with van der Waals surface area (Å²) in [5.74, 6) is -0.285. The van der Waals surface area contributed by atoms with Gasteiger partial charge in [0.15, 0.2) is 0 Å². The van der Waals surface area contributed by atoms with Gasteiger partial charge in [-0.1, -0.05) is 32.3 Å². The van der Waals surface area contributed by atoms with Crippen LogP contribution in [0.4, 0.5) is 5.69 Å². The first-order valence-corrected chi connectivity index (χ1v) is 7.08. The number of carbonyl (C=O) groups is 1. The molecule has 1 amide bonds. The van der Waals surface area contributed by atoms with Gasteiger partial charge in [0.25, 0.3) is 11.6 Å². The Labute approximate surface area is 120 Å². The molecule has 0 unspecified atom stereocenters. The second kappa shape index (κ2) is 7.89. The monoisotopic (exact) mass is 328 g/mol. The van der Waals surface area contributed by atoms with Crippen LogP contribution in [0.3, 0.4) is 0 Å². The number of carbonyl (C=O) groups excluding carboxylic acids is 1. The molecule has 0 bridgehead atoms. The summed E-state index contributed by atoms with van der Waals surface area (Å²) in [5.41, 5.74) is 0.198. The Morgan fingerprint density at radius 3 is 2.74 bits per heavy atom. The largest absolute Gasteiger partial charge is 0.352 e. The minimum atomic E-state index is -0.512. The third-order valence-electron chi connectivity index (χ3n) is 2.74. The van der Waals surface area contributed by atoms with Crippen LogP contribution in [0.5, 0.6) is 0 Å². The van der Waals surface area contributed by atoms with E-state index in [1.165, 1.54) is 12.1 Å². The zero-order chi connectivity index (χ0) is 14.3. The first-order chi connectivity index (χ1) is 9.07. The SMILES string of the molecule is CCCCCCNC(=O)c1cccc([N+](=O)[O-])c1Br. The summed E-state index contributed by atoms with van der Waals surface area (Å²) in [4.78, 5) is 22.2. The zero-order valence-corrected chi connectivity index (χ0v) is 12.4. The van der Waals surface area contributed by atoms with Gasteiger partial charge >= 0.3 is 0 Å². The van der Waals surface area contributed by atoms with Gasteiger partial charge in [-0.15, -0.1) is 0 Å². The number of unbranched alkanes of at least 4 members (excludes halogenated alkanes) is 3. The van der Waals surface area contributed by atoms with E-state index >= 15 is 0 Å². The molecule has 1 N–H and O–H groups in total. The van der Waals surface area contributed by atoms with Gasteiger partial charge in [-0.3, -0.25) is 14.9 Å². The van der Waals surface area contributed by atoms with Crippen molar-refractivity contribution in [3.8, 4) is 0 Å². The molecule has 0 saturated carbocycles. The highest BCUT2D eigenvalue weighted by Gasteiger charge is 2.18. The number of hydrogen-bond donors (Lipinski definition) is 1. The molecule has 0 aliphatic heterocycles. The van der Waals surface area contributed by atoms with Crippen molar-refractivity contribution in [2.24, 2.45) is 0 Å². The standard InChI is InChI=1S/C13H17BrN2O3/c1-2-3-4-5-9-15-13(17)10-7-6-8-11(12(10)14)16(18)19/h6-8H,2-5,9H2,1H3,(H,15,17). The fourth-order valence-corrected chi connectivity index (χ4v) is 2.27. The minimum Gasteiger partial charge on any atom is -0.352 e. The fourth-order valence-electron chi connectivity index (χ4n) is 1.69. The molecular weight excluding hydrogens is 312 g/mol. The van der Waals surface area contributed by atoms with Crippen molar-refractivity contribution < 1.29 is 9.72 Å². The van der Waals surface area contributed by atoms with Crippen LogP contribution < -0.4 is 5.32 Å². The van der Waals surface area contributed by atoms with E-state index in [4.69, 9.17) is 0 Å². The van der Waals surface area contributed by atoms with E-state index in [0.29, 0.717) is 12.1 Å². The Morgan fingerprint density at radius 2 is 2.11 bits per heavy atom. The van der Waals surface area contributed by atoms with E-state index < -0.39 is 4.92 Å². The lowest BCUT2D eigenvalue weighted by atomic mass is 10.1. The van der Waals surface area contributed by atoms with Crippen molar-refractivity contribution in [3.05, 3.63) is 38.3 Å². The number of benzene rings is 1. The van der Waals surface area contributed by atoms with Crippen molar-refractivity contribution in [1.29, 1.82) is 0 Å². The van der Waals surface area contributed by atoms with Gasteiger partial charge in [0.2, 0.25) is 0 Å². The van der Waals surface area contributed by atoms with Crippen molar-refractivity contribution in [3.63, 3.8) is 0 Å². The maximum absolute atomic E-state index is 11.9. The van der Waals surface area contributed by atoms with Crippen LogP contribution in [0.2, 0.25) is 0 Å². The topological polar surface area (TPSA) is 72.2 Å². The molecule has 0 spiro atoms. The number of rotatable bonds is 7. The molecule has 0 aromatic heterocycles. The Morgan fingerprint density at radius 1 is 1.37 bits per heavy atom. The second-order valence-electron chi connectivity index (χ2n) is 4.21. The van der Waals surface area contributed by atoms with E-state index in [1.807, 2.05) is 0 Å². The molecule has 0 atom stereocenters. The highest BCUT2D eigenvalue weighted by Crippen LogP contribution is 2.28. The van der Waals surface area contributed by atoms with E-state index in [9.17, 15) is 14.9 Å². The van der Waals surface area contributed by atoms with Gasteiger partial charge in [-0.25, -0.2) is 0 Å². The van der Waals surface area contributed by atoms with Gasteiger partial charge in [-0.05, 0) is 28.4 Å². The van der Waals surface area contributed by atoms with Crippen LogP contribution in [-0.4, -0.2) is 17.4 Å². The molecule has 0 saturated heterocycles. The summed E-state index contributed by atoms with van der Waals surface area (Å²) in [5, 5.41) is 13.5. The number of nitro benzene ring substituents is 1. The second-order valence-corrected chi connectivity index (χ2v) is 5.01. The van der Waals surface area contributed by atoms with Crippen molar-refractivity contribution in [2.45, 2.75) is 32.6 Å². The molecule has 0 aliphatic rings.